The lowest BCUT2D eigenvalue weighted by molar-refractivity contribution is -0.139. The second-order valence-electron chi connectivity index (χ2n) is 7.14. The molecular weight excluding hydrogens is 554 g/mol. The number of carbonyl (C=O) groups is 2. The Labute approximate surface area is 209 Å². The summed E-state index contributed by atoms with van der Waals surface area (Å²) in [5.74, 6) is 1.13. The Morgan fingerprint density at radius 3 is 2.24 bits per heavy atom. The van der Waals surface area contributed by atoms with Gasteiger partial charge in [0, 0.05) is 12.5 Å². The molecule has 0 aliphatic rings. The first-order valence-electron chi connectivity index (χ1n) is 10.1. The van der Waals surface area contributed by atoms with Gasteiger partial charge in [0.1, 0.15) is 11.5 Å². The minimum Gasteiger partial charge on any atom is -0.495 e. The van der Waals surface area contributed by atoms with E-state index in [1.54, 1.807) is 37.4 Å². The molecule has 33 heavy (non-hydrogen) atoms. The first kappa shape index (κ1) is 24.8. The van der Waals surface area contributed by atoms with Crippen LogP contribution in [0.3, 0.4) is 0 Å². The first-order valence-corrected chi connectivity index (χ1v) is 11.7. The molecule has 8 heteroatoms. The quantitative estimate of drug-likeness (QED) is 0.303. The molecule has 0 unspecified atom stereocenters. The average Bonchev–Trinajstić information content (AvgIpc) is 2.81. The molecule has 0 saturated carbocycles. The van der Waals surface area contributed by atoms with Crippen molar-refractivity contribution in [2.24, 2.45) is 0 Å². The van der Waals surface area contributed by atoms with E-state index in [9.17, 15) is 9.59 Å². The summed E-state index contributed by atoms with van der Waals surface area (Å²) in [6.45, 7) is 0. The van der Waals surface area contributed by atoms with Crippen LogP contribution in [0.2, 0.25) is 0 Å². The second-order valence-corrected chi connectivity index (χ2v) is 8.85. The smallest absolute Gasteiger partial charge is 0.309 e. The van der Waals surface area contributed by atoms with Gasteiger partial charge in [-0.1, -0.05) is 30.3 Å². The van der Waals surface area contributed by atoms with Gasteiger partial charge in [0.05, 0.1) is 35.3 Å². The molecule has 0 bridgehead atoms. The third kappa shape index (κ3) is 7.07. The lowest BCUT2D eigenvalue weighted by atomic mass is 10.1. The molecule has 0 saturated heterocycles. The van der Waals surface area contributed by atoms with E-state index in [2.05, 4.69) is 37.2 Å². The van der Waals surface area contributed by atoms with Gasteiger partial charge in [-0.15, -0.1) is 0 Å². The third-order valence-electron chi connectivity index (χ3n) is 4.78. The number of ether oxygens (including phenoxy) is 3. The van der Waals surface area contributed by atoms with Crippen LogP contribution >= 0.6 is 31.9 Å². The highest BCUT2D eigenvalue weighted by molar-refractivity contribution is 9.11. The number of esters is 1. The van der Waals surface area contributed by atoms with Crippen molar-refractivity contribution in [1.29, 1.82) is 0 Å². The fraction of sp³-hybridized carbons (Fsp3) is 0.200. The van der Waals surface area contributed by atoms with Crippen molar-refractivity contribution >= 4 is 49.4 Å². The molecule has 0 aliphatic carbocycles. The summed E-state index contributed by atoms with van der Waals surface area (Å²) in [4.78, 5) is 24.1. The molecule has 0 aromatic heterocycles. The van der Waals surface area contributed by atoms with E-state index in [0.717, 1.165) is 11.1 Å². The van der Waals surface area contributed by atoms with Gasteiger partial charge in [-0.3, -0.25) is 9.59 Å². The molecular formula is C25H23Br2NO5. The predicted molar refractivity (Wildman–Crippen MR) is 134 cm³/mol. The van der Waals surface area contributed by atoms with Crippen LogP contribution in [0.5, 0.6) is 17.2 Å². The number of hydrogen-bond donors (Lipinski definition) is 1. The highest BCUT2D eigenvalue weighted by Gasteiger charge is 2.15. The Balaban J connectivity index is 1.74. The molecule has 0 radical (unpaired) electrons. The van der Waals surface area contributed by atoms with Gasteiger partial charge < -0.3 is 19.5 Å². The average molecular weight is 577 g/mol. The normalized spacial score (nSPS) is 10.4. The van der Waals surface area contributed by atoms with Gasteiger partial charge in [-0.2, -0.15) is 0 Å². The van der Waals surface area contributed by atoms with E-state index in [4.69, 9.17) is 14.2 Å². The van der Waals surface area contributed by atoms with Crippen molar-refractivity contribution < 1.29 is 23.8 Å². The highest BCUT2D eigenvalue weighted by Crippen LogP contribution is 2.39. The topological polar surface area (TPSA) is 73.9 Å². The van der Waals surface area contributed by atoms with Crippen LogP contribution in [-0.2, 0) is 27.2 Å². The van der Waals surface area contributed by atoms with E-state index in [-0.39, 0.29) is 18.3 Å². The maximum atomic E-state index is 12.5. The molecule has 0 fully saturated rings. The summed E-state index contributed by atoms with van der Waals surface area (Å²) >= 11 is 6.99. The van der Waals surface area contributed by atoms with Crippen molar-refractivity contribution in [3.05, 3.63) is 80.7 Å². The van der Waals surface area contributed by atoms with Gasteiger partial charge in [0.15, 0.2) is 5.75 Å². The van der Waals surface area contributed by atoms with Crippen molar-refractivity contribution in [3.63, 3.8) is 0 Å². The van der Waals surface area contributed by atoms with Crippen molar-refractivity contribution in [2.75, 3.05) is 19.5 Å². The van der Waals surface area contributed by atoms with E-state index in [1.165, 1.54) is 7.11 Å². The molecule has 1 N–H and O–H groups in total. The maximum Gasteiger partial charge on any atom is 0.309 e. The molecule has 3 rings (SSSR count). The number of halogens is 2. The third-order valence-corrected chi connectivity index (χ3v) is 5.96. The van der Waals surface area contributed by atoms with Crippen molar-refractivity contribution in [1.82, 2.24) is 0 Å². The van der Waals surface area contributed by atoms with Crippen LogP contribution in [0.15, 0.2) is 69.6 Å². The van der Waals surface area contributed by atoms with Crippen LogP contribution in [-0.4, -0.2) is 26.1 Å². The van der Waals surface area contributed by atoms with Crippen LogP contribution in [0.4, 0.5) is 5.69 Å². The fourth-order valence-electron chi connectivity index (χ4n) is 3.13. The first-order chi connectivity index (χ1) is 15.9. The van der Waals surface area contributed by atoms with Gasteiger partial charge in [-0.25, -0.2) is 0 Å². The number of carbonyl (C=O) groups excluding carboxylic acids is 2. The van der Waals surface area contributed by atoms with Crippen LogP contribution in [0.1, 0.15) is 17.5 Å². The number of amides is 1. The van der Waals surface area contributed by atoms with Crippen LogP contribution < -0.4 is 14.8 Å². The monoisotopic (exact) mass is 575 g/mol. The van der Waals surface area contributed by atoms with E-state index >= 15 is 0 Å². The van der Waals surface area contributed by atoms with Crippen molar-refractivity contribution in [2.45, 2.75) is 19.3 Å². The Bertz CT molecular complexity index is 1110. The number of anilines is 1. The van der Waals surface area contributed by atoms with E-state index in [1.807, 2.05) is 30.3 Å². The largest absolute Gasteiger partial charge is 0.495 e. The minimum atomic E-state index is -0.328. The van der Waals surface area contributed by atoms with Crippen molar-refractivity contribution in [3.8, 4) is 17.2 Å². The van der Waals surface area contributed by atoms with E-state index in [0.29, 0.717) is 44.7 Å². The number of methoxy groups -OCH3 is 2. The predicted octanol–water partition coefficient (Wildman–Crippen LogP) is 6.30. The number of benzene rings is 3. The summed E-state index contributed by atoms with van der Waals surface area (Å²) in [5.41, 5.74) is 2.39. The molecule has 0 aliphatic heterocycles. The summed E-state index contributed by atoms with van der Waals surface area (Å²) in [7, 11) is 2.90. The fourth-order valence-corrected chi connectivity index (χ4v) is 4.58. The Morgan fingerprint density at radius 2 is 1.61 bits per heavy atom. The number of aryl methyl sites for hydroxylation is 1. The molecule has 6 nitrogen and oxygen atoms in total. The number of rotatable bonds is 9. The molecule has 3 aromatic rings. The number of nitrogens with one attached hydrogen (secondary N) is 1. The lowest BCUT2D eigenvalue weighted by Gasteiger charge is -2.15. The number of hydrogen-bond acceptors (Lipinski definition) is 5. The Hall–Kier alpha value is -2.84. The molecule has 3 aromatic carbocycles. The van der Waals surface area contributed by atoms with Gasteiger partial charge in [0.25, 0.3) is 0 Å². The summed E-state index contributed by atoms with van der Waals surface area (Å²) in [6, 6.07) is 18.6. The van der Waals surface area contributed by atoms with E-state index < -0.39 is 0 Å². The molecule has 172 valence electrons. The second kappa shape index (κ2) is 11.9. The SMILES string of the molecule is COC(=O)Cc1cc(Br)c(Oc2ccc(OC)c(NC(=O)CCc3ccccc3)c2)c(Br)c1. The van der Waals surface area contributed by atoms with Gasteiger partial charge in [0.2, 0.25) is 5.91 Å². The summed E-state index contributed by atoms with van der Waals surface area (Å²) in [6.07, 6.45) is 1.13. The highest BCUT2D eigenvalue weighted by atomic mass is 79.9. The molecule has 0 atom stereocenters. The maximum absolute atomic E-state index is 12.5. The lowest BCUT2D eigenvalue weighted by Crippen LogP contribution is -2.13. The summed E-state index contributed by atoms with van der Waals surface area (Å²) in [5, 5.41) is 2.91. The molecule has 1 amide bonds. The standard InChI is InChI=1S/C25H23Br2NO5/c1-31-22-10-9-18(15-21(22)28-23(29)11-8-16-6-4-3-5-7-16)33-25-19(26)12-17(13-20(25)27)14-24(30)32-2/h3-7,9-10,12-13,15H,8,11,14H2,1-2H3,(H,28,29). The Kier molecular flexibility index (Phi) is 8.91. The zero-order chi connectivity index (χ0) is 23.8. The molecule has 0 spiro atoms. The summed E-state index contributed by atoms with van der Waals surface area (Å²) < 4.78 is 17.5. The zero-order valence-corrected chi connectivity index (χ0v) is 21.4. The van der Waals surface area contributed by atoms with Crippen LogP contribution in [0.25, 0.3) is 0 Å². The van der Waals surface area contributed by atoms with Gasteiger partial charge in [-0.05, 0) is 73.7 Å². The minimum absolute atomic E-state index is 0.121. The zero-order valence-electron chi connectivity index (χ0n) is 18.2. The van der Waals surface area contributed by atoms with Crippen LogP contribution in [0, 0.1) is 0 Å². The van der Waals surface area contributed by atoms with Gasteiger partial charge >= 0.3 is 5.97 Å². The molecule has 0 heterocycles. The Morgan fingerprint density at radius 1 is 0.909 bits per heavy atom.